The average molecular weight is 352 g/mol. The minimum Gasteiger partial charge on any atom is -0.325 e. The fourth-order valence-electron chi connectivity index (χ4n) is 2.56. The maximum Gasteiger partial charge on any atom is 0.234 e. The topological polar surface area (TPSA) is 59.8 Å². The first-order valence-corrected chi connectivity index (χ1v) is 9.01. The number of nitrogens with one attached hydrogen (secondary N) is 1. The summed E-state index contributed by atoms with van der Waals surface area (Å²) in [5, 5.41) is 12.1. The van der Waals surface area contributed by atoms with Gasteiger partial charge in [0.25, 0.3) is 0 Å². The van der Waals surface area contributed by atoms with Crippen molar-refractivity contribution >= 4 is 23.4 Å². The monoisotopic (exact) mass is 352 g/mol. The largest absolute Gasteiger partial charge is 0.325 e. The minimum atomic E-state index is -0.0590. The van der Waals surface area contributed by atoms with Crippen molar-refractivity contribution in [2.75, 3.05) is 11.1 Å². The summed E-state index contributed by atoms with van der Waals surface area (Å²) in [4.78, 5) is 12.3. The average Bonchev–Trinajstić information content (AvgIpc) is 2.96. The highest BCUT2D eigenvalue weighted by Crippen LogP contribution is 2.24. The fourth-order valence-corrected chi connectivity index (χ4v) is 3.35. The molecule has 1 amide bonds. The van der Waals surface area contributed by atoms with Crippen molar-refractivity contribution in [3.8, 4) is 5.69 Å². The molecule has 0 aliphatic heterocycles. The van der Waals surface area contributed by atoms with E-state index in [4.69, 9.17) is 0 Å². The van der Waals surface area contributed by atoms with Crippen LogP contribution in [0.15, 0.2) is 53.7 Å². The number of anilines is 1. The molecule has 128 valence electrons. The normalized spacial score (nSPS) is 10.7. The Morgan fingerprint density at radius 3 is 2.40 bits per heavy atom. The van der Waals surface area contributed by atoms with Crippen LogP contribution < -0.4 is 5.32 Å². The third-order valence-corrected chi connectivity index (χ3v) is 4.83. The lowest BCUT2D eigenvalue weighted by Gasteiger charge is -2.11. The molecule has 6 heteroatoms. The molecule has 0 radical (unpaired) electrons. The Kier molecular flexibility index (Phi) is 5.19. The zero-order chi connectivity index (χ0) is 17.8. The molecular weight excluding hydrogens is 332 g/mol. The molecule has 1 heterocycles. The number of para-hydroxylation sites is 2. The van der Waals surface area contributed by atoms with Crippen LogP contribution in [-0.4, -0.2) is 26.4 Å². The molecule has 1 N–H and O–H groups in total. The SMILES string of the molecule is Cc1ccccc1NC(=O)CSc1nnc(C)n1-c1ccccc1C. The van der Waals surface area contributed by atoms with Gasteiger partial charge in [-0.25, -0.2) is 0 Å². The fraction of sp³-hybridized carbons (Fsp3) is 0.211. The number of nitrogens with zero attached hydrogens (tertiary/aromatic N) is 3. The summed E-state index contributed by atoms with van der Waals surface area (Å²) in [6.45, 7) is 5.94. The van der Waals surface area contributed by atoms with E-state index in [2.05, 4.69) is 15.5 Å². The smallest absolute Gasteiger partial charge is 0.234 e. The summed E-state index contributed by atoms with van der Waals surface area (Å²) < 4.78 is 1.99. The number of hydrogen-bond donors (Lipinski definition) is 1. The summed E-state index contributed by atoms with van der Waals surface area (Å²) in [6, 6.07) is 15.8. The molecule has 3 rings (SSSR count). The summed E-state index contributed by atoms with van der Waals surface area (Å²) in [7, 11) is 0. The maximum atomic E-state index is 12.3. The first-order valence-electron chi connectivity index (χ1n) is 8.02. The predicted molar refractivity (Wildman–Crippen MR) is 101 cm³/mol. The van der Waals surface area contributed by atoms with E-state index in [1.807, 2.05) is 73.9 Å². The van der Waals surface area contributed by atoms with Crippen LogP contribution in [0.1, 0.15) is 17.0 Å². The van der Waals surface area contributed by atoms with Crippen LogP contribution in [0, 0.1) is 20.8 Å². The van der Waals surface area contributed by atoms with Gasteiger partial charge in [-0.1, -0.05) is 48.2 Å². The van der Waals surface area contributed by atoms with Crippen molar-refractivity contribution in [1.29, 1.82) is 0 Å². The standard InChI is InChI=1S/C19H20N4OS/c1-13-8-4-6-10-16(13)20-18(24)12-25-19-22-21-15(3)23(19)17-11-7-5-9-14(17)2/h4-11H,12H2,1-3H3,(H,20,24). The van der Waals surface area contributed by atoms with Gasteiger partial charge in [0.15, 0.2) is 5.16 Å². The van der Waals surface area contributed by atoms with Crippen LogP contribution in [-0.2, 0) is 4.79 Å². The molecule has 2 aromatic carbocycles. The van der Waals surface area contributed by atoms with Gasteiger partial charge in [0.1, 0.15) is 5.82 Å². The summed E-state index contributed by atoms with van der Waals surface area (Å²) in [5.74, 6) is 1.02. The molecule has 0 bridgehead atoms. The molecule has 0 fully saturated rings. The molecule has 0 aliphatic carbocycles. The Bertz CT molecular complexity index is 904. The summed E-state index contributed by atoms with van der Waals surface area (Å²) in [6.07, 6.45) is 0. The second-order valence-electron chi connectivity index (χ2n) is 5.80. The van der Waals surface area contributed by atoms with E-state index < -0.39 is 0 Å². The van der Waals surface area contributed by atoms with Gasteiger partial charge < -0.3 is 5.32 Å². The van der Waals surface area contributed by atoms with Gasteiger partial charge in [0, 0.05) is 5.69 Å². The number of amides is 1. The number of benzene rings is 2. The van der Waals surface area contributed by atoms with Gasteiger partial charge in [-0.3, -0.25) is 9.36 Å². The number of hydrogen-bond acceptors (Lipinski definition) is 4. The third kappa shape index (κ3) is 3.91. The Morgan fingerprint density at radius 1 is 1.00 bits per heavy atom. The van der Waals surface area contributed by atoms with Crippen LogP contribution in [0.3, 0.4) is 0 Å². The van der Waals surface area contributed by atoms with Crippen LogP contribution in [0.2, 0.25) is 0 Å². The van der Waals surface area contributed by atoms with Crippen molar-refractivity contribution in [3.05, 3.63) is 65.5 Å². The highest BCUT2D eigenvalue weighted by atomic mass is 32.2. The lowest BCUT2D eigenvalue weighted by molar-refractivity contribution is -0.113. The predicted octanol–water partition coefficient (Wildman–Crippen LogP) is 3.92. The van der Waals surface area contributed by atoms with E-state index >= 15 is 0 Å². The summed E-state index contributed by atoms with van der Waals surface area (Å²) >= 11 is 1.38. The van der Waals surface area contributed by atoms with Gasteiger partial charge in [-0.05, 0) is 44.0 Å². The highest BCUT2D eigenvalue weighted by Gasteiger charge is 2.14. The van der Waals surface area contributed by atoms with Gasteiger partial charge in [-0.2, -0.15) is 0 Å². The summed E-state index contributed by atoms with van der Waals surface area (Å²) in [5.41, 5.74) is 4.05. The molecule has 3 aromatic rings. The number of carbonyl (C=O) groups excluding carboxylic acids is 1. The zero-order valence-corrected chi connectivity index (χ0v) is 15.3. The molecular formula is C19H20N4OS. The number of thioether (sulfide) groups is 1. The van der Waals surface area contributed by atoms with E-state index in [1.165, 1.54) is 11.8 Å². The molecule has 5 nitrogen and oxygen atoms in total. The Labute approximate surface area is 151 Å². The zero-order valence-electron chi connectivity index (χ0n) is 14.5. The van der Waals surface area contributed by atoms with Crippen molar-refractivity contribution in [2.45, 2.75) is 25.9 Å². The number of rotatable bonds is 5. The molecule has 0 saturated heterocycles. The Balaban J connectivity index is 1.73. The number of aromatic nitrogens is 3. The van der Waals surface area contributed by atoms with Crippen LogP contribution in [0.5, 0.6) is 0 Å². The van der Waals surface area contributed by atoms with E-state index in [-0.39, 0.29) is 11.7 Å². The quantitative estimate of drug-likeness (QED) is 0.707. The first-order chi connectivity index (χ1) is 12.1. The number of aryl methyl sites for hydroxylation is 3. The Hall–Kier alpha value is -2.60. The molecule has 1 aromatic heterocycles. The van der Waals surface area contributed by atoms with E-state index in [0.717, 1.165) is 28.3 Å². The van der Waals surface area contributed by atoms with Crippen molar-refractivity contribution in [2.24, 2.45) is 0 Å². The lowest BCUT2D eigenvalue weighted by atomic mass is 10.2. The van der Waals surface area contributed by atoms with E-state index in [9.17, 15) is 4.79 Å². The molecule has 0 spiro atoms. The van der Waals surface area contributed by atoms with Gasteiger partial charge >= 0.3 is 0 Å². The van der Waals surface area contributed by atoms with E-state index in [0.29, 0.717) is 5.16 Å². The van der Waals surface area contributed by atoms with E-state index in [1.54, 1.807) is 0 Å². The molecule has 0 aliphatic rings. The second-order valence-corrected chi connectivity index (χ2v) is 6.75. The second kappa shape index (κ2) is 7.53. The van der Waals surface area contributed by atoms with Crippen LogP contribution in [0.4, 0.5) is 5.69 Å². The minimum absolute atomic E-state index is 0.0590. The van der Waals surface area contributed by atoms with Gasteiger partial charge in [-0.15, -0.1) is 10.2 Å². The van der Waals surface area contributed by atoms with Crippen molar-refractivity contribution in [1.82, 2.24) is 14.8 Å². The Morgan fingerprint density at radius 2 is 1.68 bits per heavy atom. The third-order valence-electron chi connectivity index (χ3n) is 3.90. The van der Waals surface area contributed by atoms with Gasteiger partial charge in [0.2, 0.25) is 5.91 Å². The first kappa shape index (κ1) is 17.2. The van der Waals surface area contributed by atoms with Crippen LogP contribution in [0.25, 0.3) is 5.69 Å². The maximum absolute atomic E-state index is 12.3. The molecule has 25 heavy (non-hydrogen) atoms. The number of carbonyl (C=O) groups is 1. The van der Waals surface area contributed by atoms with Crippen molar-refractivity contribution < 1.29 is 4.79 Å². The highest BCUT2D eigenvalue weighted by molar-refractivity contribution is 7.99. The van der Waals surface area contributed by atoms with Crippen molar-refractivity contribution in [3.63, 3.8) is 0 Å². The molecule has 0 atom stereocenters. The van der Waals surface area contributed by atoms with Gasteiger partial charge in [0.05, 0.1) is 11.4 Å². The molecule has 0 saturated carbocycles. The molecule has 0 unspecified atom stereocenters. The lowest BCUT2D eigenvalue weighted by Crippen LogP contribution is -2.15. The van der Waals surface area contributed by atoms with Crippen LogP contribution >= 0.6 is 11.8 Å².